The molecule has 2 heterocycles. The molecule has 0 aliphatic carbocycles. The van der Waals surface area contributed by atoms with Gasteiger partial charge in [0.1, 0.15) is 0 Å². The maximum Gasteiger partial charge on any atom is 0.151 e. The molecule has 1 saturated heterocycles. The van der Waals surface area contributed by atoms with Crippen molar-refractivity contribution in [3.05, 3.63) is 58.3 Å². The summed E-state index contributed by atoms with van der Waals surface area (Å²) in [6, 6.07) is 14.6. The van der Waals surface area contributed by atoms with Crippen molar-refractivity contribution in [3.8, 4) is 0 Å². The van der Waals surface area contributed by atoms with Crippen molar-refractivity contribution in [1.29, 1.82) is 0 Å². The zero-order chi connectivity index (χ0) is 9.43. The second-order valence-electron chi connectivity index (χ2n) is 3.46. The fraction of sp³-hybridized carbons (Fsp3) is 0.167. The molecule has 0 saturated carbocycles. The number of hydrogen-bond acceptors (Lipinski definition) is 2. The summed E-state index contributed by atoms with van der Waals surface area (Å²) in [6.45, 7) is 0.817. The molecule has 0 radical (unpaired) electrons. The number of thiophene rings is 1. The number of hydrogen-bond donors (Lipinski definition) is 0. The molecule has 1 nitrogen and oxygen atoms in total. The average molecular weight is 202 g/mol. The molecule has 14 heavy (non-hydrogen) atoms. The summed E-state index contributed by atoms with van der Waals surface area (Å²) in [7, 11) is 0. The molecule has 1 aromatic heterocycles. The van der Waals surface area contributed by atoms with Gasteiger partial charge in [0.25, 0.3) is 0 Å². The third-order valence-corrected chi connectivity index (χ3v) is 3.61. The highest BCUT2D eigenvalue weighted by Gasteiger charge is 2.48. The van der Waals surface area contributed by atoms with Crippen LogP contribution in [0.3, 0.4) is 0 Å². The minimum absolute atomic E-state index is 0.116. The third kappa shape index (κ3) is 1.11. The van der Waals surface area contributed by atoms with Crippen molar-refractivity contribution in [2.45, 2.75) is 5.60 Å². The van der Waals surface area contributed by atoms with E-state index in [0.29, 0.717) is 0 Å². The van der Waals surface area contributed by atoms with E-state index in [0.717, 1.165) is 6.61 Å². The van der Waals surface area contributed by atoms with Gasteiger partial charge in [-0.05, 0) is 17.0 Å². The number of rotatable bonds is 2. The Hall–Kier alpha value is -1.12. The molecule has 3 rings (SSSR count). The van der Waals surface area contributed by atoms with Gasteiger partial charge in [-0.3, -0.25) is 0 Å². The smallest absolute Gasteiger partial charge is 0.151 e. The average Bonchev–Trinajstić information content (AvgIpc) is 2.88. The SMILES string of the molecule is c1ccc(C2(c3cccs3)CO2)cc1. The topological polar surface area (TPSA) is 12.5 Å². The fourth-order valence-electron chi connectivity index (χ4n) is 1.74. The van der Waals surface area contributed by atoms with Crippen LogP contribution in [0.5, 0.6) is 0 Å². The summed E-state index contributed by atoms with van der Waals surface area (Å²) in [6.07, 6.45) is 0. The minimum atomic E-state index is -0.116. The minimum Gasteiger partial charge on any atom is -0.358 e. The van der Waals surface area contributed by atoms with Crippen molar-refractivity contribution in [2.24, 2.45) is 0 Å². The van der Waals surface area contributed by atoms with E-state index in [-0.39, 0.29) is 5.60 Å². The van der Waals surface area contributed by atoms with Gasteiger partial charge in [-0.2, -0.15) is 0 Å². The fourth-order valence-corrected chi connectivity index (χ4v) is 2.63. The molecule has 1 fully saturated rings. The Kier molecular flexibility index (Phi) is 1.72. The lowest BCUT2D eigenvalue weighted by Crippen LogP contribution is -2.07. The van der Waals surface area contributed by atoms with Gasteiger partial charge in [-0.15, -0.1) is 11.3 Å². The third-order valence-electron chi connectivity index (χ3n) is 2.59. The Balaban J connectivity index is 2.07. The van der Waals surface area contributed by atoms with Crippen LogP contribution < -0.4 is 0 Å². The van der Waals surface area contributed by atoms with Gasteiger partial charge in [0.2, 0.25) is 0 Å². The van der Waals surface area contributed by atoms with E-state index in [1.807, 2.05) is 6.07 Å². The lowest BCUT2D eigenvalue weighted by Gasteiger charge is -2.09. The Morgan fingerprint density at radius 3 is 2.43 bits per heavy atom. The van der Waals surface area contributed by atoms with E-state index < -0.39 is 0 Å². The standard InChI is InChI=1S/C12H10OS/c1-2-5-10(6-3-1)12(9-13-12)11-7-4-8-14-11/h1-8H,9H2. The molecular formula is C12H10OS. The molecular weight excluding hydrogens is 192 g/mol. The van der Waals surface area contributed by atoms with Crippen LogP contribution in [0.2, 0.25) is 0 Å². The summed E-state index contributed by atoms with van der Waals surface area (Å²) >= 11 is 1.76. The summed E-state index contributed by atoms with van der Waals surface area (Å²) in [5.74, 6) is 0. The summed E-state index contributed by atoms with van der Waals surface area (Å²) < 4.78 is 5.64. The van der Waals surface area contributed by atoms with Crippen LogP contribution in [0.15, 0.2) is 47.8 Å². The van der Waals surface area contributed by atoms with Gasteiger partial charge in [-0.25, -0.2) is 0 Å². The summed E-state index contributed by atoms with van der Waals surface area (Å²) in [5, 5.41) is 2.10. The van der Waals surface area contributed by atoms with E-state index in [1.54, 1.807) is 11.3 Å². The van der Waals surface area contributed by atoms with Gasteiger partial charge in [-0.1, -0.05) is 36.4 Å². The molecule has 1 aliphatic heterocycles. The molecule has 1 unspecified atom stereocenters. The van der Waals surface area contributed by atoms with Gasteiger partial charge in [0.05, 0.1) is 6.61 Å². The number of benzene rings is 1. The van der Waals surface area contributed by atoms with Crippen molar-refractivity contribution < 1.29 is 4.74 Å². The quantitative estimate of drug-likeness (QED) is 0.682. The molecule has 0 bridgehead atoms. The van der Waals surface area contributed by atoms with E-state index in [4.69, 9.17) is 4.74 Å². The molecule has 1 atom stereocenters. The second kappa shape index (κ2) is 2.94. The number of ether oxygens (including phenoxy) is 1. The van der Waals surface area contributed by atoms with Gasteiger partial charge >= 0.3 is 0 Å². The van der Waals surface area contributed by atoms with E-state index >= 15 is 0 Å². The van der Waals surface area contributed by atoms with Crippen LogP contribution in [0.1, 0.15) is 10.4 Å². The predicted octanol–water partition coefficient (Wildman–Crippen LogP) is 3.02. The molecule has 0 N–H and O–H groups in total. The van der Waals surface area contributed by atoms with Gasteiger partial charge < -0.3 is 4.74 Å². The molecule has 0 spiro atoms. The molecule has 70 valence electrons. The van der Waals surface area contributed by atoms with Crippen LogP contribution in [0.4, 0.5) is 0 Å². The largest absolute Gasteiger partial charge is 0.358 e. The summed E-state index contributed by atoms with van der Waals surface area (Å²) in [4.78, 5) is 1.31. The van der Waals surface area contributed by atoms with E-state index in [1.165, 1.54) is 10.4 Å². The molecule has 2 heteroatoms. The van der Waals surface area contributed by atoms with Crippen LogP contribution in [0.25, 0.3) is 0 Å². The Labute approximate surface area is 87.0 Å². The van der Waals surface area contributed by atoms with E-state index in [9.17, 15) is 0 Å². The summed E-state index contributed by atoms with van der Waals surface area (Å²) in [5.41, 5.74) is 1.15. The lowest BCUT2D eigenvalue weighted by molar-refractivity contribution is 0.353. The van der Waals surface area contributed by atoms with Crippen LogP contribution in [0, 0.1) is 0 Å². The highest BCUT2D eigenvalue weighted by molar-refractivity contribution is 7.10. The van der Waals surface area contributed by atoms with Crippen LogP contribution in [-0.2, 0) is 10.3 Å². The van der Waals surface area contributed by atoms with Gasteiger partial charge in [0.15, 0.2) is 5.60 Å². The molecule has 1 aliphatic rings. The highest BCUT2D eigenvalue weighted by Crippen LogP contribution is 2.46. The normalized spacial score (nSPS) is 24.9. The predicted molar refractivity (Wildman–Crippen MR) is 57.5 cm³/mol. The van der Waals surface area contributed by atoms with Crippen molar-refractivity contribution >= 4 is 11.3 Å². The zero-order valence-corrected chi connectivity index (χ0v) is 8.46. The van der Waals surface area contributed by atoms with Crippen LogP contribution >= 0.6 is 11.3 Å². The Bertz CT molecular complexity index is 415. The Morgan fingerprint density at radius 1 is 1.07 bits per heavy atom. The van der Waals surface area contributed by atoms with E-state index in [2.05, 4.69) is 41.8 Å². The second-order valence-corrected chi connectivity index (χ2v) is 4.41. The monoisotopic (exact) mass is 202 g/mol. The first-order valence-corrected chi connectivity index (χ1v) is 5.53. The molecule has 1 aromatic carbocycles. The van der Waals surface area contributed by atoms with Crippen molar-refractivity contribution in [3.63, 3.8) is 0 Å². The first kappa shape index (κ1) is 8.21. The molecule has 0 amide bonds. The highest BCUT2D eigenvalue weighted by atomic mass is 32.1. The first-order valence-electron chi connectivity index (χ1n) is 4.65. The maximum absolute atomic E-state index is 5.64. The van der Waals surface area contributed by atoms with Crippen LogP contribution in [-0.4, -0.2) is 6.61 Å². The molecule has 2 aromatic rings. The number of epoxide rings is 1. The first-order chi connectivity index (χ1) is 6.92. The Morgan fingerprint density at radius 2 is 1.86 bits per heavy atom. The van der Waals surface area contributed by atoms with Crippen molar-refractivity contribution in [1.82, 2.24) is 0 Å². The van der Waals surface area contributed by atoms with Crippen molar-refractivity contribution in [2.75, 3.05) is 6.61 Å². The lowest BCUT2D eigenvalue weighted by atomic mass is 9.98. The van der Waals surface area contributed by atoms with Gasteiger partial charge in [0, 0.05) is 4.88 Å². The zero-order valence-electron chi connectivity index (χ0n) is 7.64. The maximum atomic E-state index is 5.64.